The lowest BCUT2D eigenvalue weighted by Crippen LogP contribution is -2.24. The van der Waals surface area contributed by atoms with Gasteiger partial charge in [-0.3, -0.25) is 4.90 Å². The molecule has 0 radical (unpaired) electrons. The second-order valence-corrected chi connectivity index (χ2v) is 3.86. The maximum atomic E-state index is 5.46. The molecule has 5 heteroatoms. The number of aromatic nitrogens is 2. The highest BCUT2D eigenvalue weighted by molar-refractivity contribution is 7.05. The van der Waals surface area contributed by atoms with Gasteiger partial charge in [0, 0.05) is 19.6 Å². The van der Waals surface area contributed by atoms with E-state index in [1.54, 1.807) is 0 Å². The van der Waals surface area contributed by atoms with Crippen molar-refractivity contribution in [3.63, 3.8) is 0 Å². The Kier molecular flexibility index (Phi) is 4.27. The maximum Gasteiger partial charge on any atom is 0.0798 e. The van der Waals surface area contributed by atoms with Crippen molar-refractivity contribution in [3.8, 4) is 0 Å². The molecule has 0 spiro atoms. The van der Waals surface area contributed by atoms with E-state index < -0.39 is 0 Å². The molecule has 74 valence electrons. The van der Waals surface area contributed by atoms with Crippen molar-refractivity contribution in [2.75, 3.05) is 20.1 Å². The Balaban J connectivity index is 2.52. The smallest absolute Gasteiger partial charge is 0.0798 e. The Hall–Kier alpha value is -0.520. The molecule has 0 unspecified atom stereocenters. The second-order valence-electron chi connectivity index (χ2n) is 3.02. The highest BCUT2D eigenvalue weighted by atomic mass is 32.1. The molecule has 0 amide bonds. The summed E-state index contributed by atoms with van der Waals surface area (Å²) < 4.78 is 3.94. The lowest BCUT2D eigenvalue weighted by molar-refractivity contribution is 0.338. The summed E-state index contributed by atoms with van der Waals surface area (Å²) in [5, 5.41) is 4.06. The highest BCUT2D eigenvalue weighted by Gasteiger charge is 2.07. The third kappa shape index (κ3) is 3.02. The van der Waals surface area contributed by atoms with Gasteiger partial charge < -0.3 is 5.73 Å². The minimum atomic E-state index is 0.699. The first kappa shape index (κ1) is 10.6. The predicted octanol–water partition coefficient (Wildman–Crippen LogP) is 0.491. The number of hydrogen-bond donors (Lipinski definition) is 1. The fourth-order valence-corrected chi connectivity index (χ4v) is 1.97. The Morgan fingerprint density at radius 1 is 1.54 bits per heavy atom. The number of likely N-dealkylation sites (N-methyl/N-ethyl adjacent to an activating group) is 1. The SMILES string of the molecule is CCc1nnsc1CN(C)CCN. The molecule has 0 atom stereocenters. The van der Waals surface area contributed by atoms with Gasteiger partial charge in [0.25, 0.3) is 0 Å². The Morgan fingerprint density at radius 3 is 2.92 bits per heavy atom. The zero-order valence-electron chi connectivity index (χ0n) is 8.16. The summed E-state index contributed by atoms with van der Waals surface area (Å²) >= 11 is 1.48. The zero-order valence-corrected chi connectivity index (χ0v) is 8.97. The van der Waals surface area contributed by atoms with Crippen LogP contribution in [0.1, 0.15) is 17.5 Å². The molecule has 0 fully saturated rings. The summed E-state index contributed by atoms with van der Waals surface area (Å²) in [6, 6.07) is 0. The van der Waals surface area contributed by atoms with Crippen molar-refractivity contribution >= 4 is 11.5 Å². The summed E-state index contributed by atoms with van der Waals surface area (Å²) in [6.45, 7) is 4.63. The van der Waals surface area contributed by atoms with E-state index in [4.69, 9.17) is 5.73 Å². The van der Waals surface area contributed by atoms with Gasteiger partial charge in [-0.05, 0) is 25.0 Å². The van der Waals surface area contributed by atoms with E-state index in [1.165, 1.54) is 16.4 Å². The highest BCUT2D eigenvalue weighted by Crippen LogP contribution is 2.12. The summed E-state index contributed by atoms with van der Waals surface area (Å²) in [6.07, 6.45) is 0.961. The van der Waals surface area contributed by atoms with Gasteiger partial charge >= 0.3 is 0 Å². The van der Waals surface area contributed by atoms with E-state index in [9.17, 15) is 0 Å². The Morgan fingerprint density at radius 2 is 2.31 bits per heavy atom. The molecule has 0 aliphatic rings. The molecule has 1 aromatic heterocycles. The van der Waals surface area contributed by atoms with Gasteiger partial charge in [-0.2, -0.15) is 0 Å². The average Bonchev–Trinajstić information content (AvgIpc) is 2.52. The van der Waals surface area contributed by atoms with E-state index in [-0.39, 0.29) is 0 Å². The lowest BCUT2D eigenvalue weighted by atomic mass is 10.3. The van der Waals surface area contributed by atoms with E-state index in [2.05, 4.69) is 28.5 Å². The maximum absolute atomic E-state index is 5.46. The van der Waals surface area contributed by atoms with Crippen LogP contribution in [0.5, 0.6) is 0 Å². The molecule has 2 N–H and O–H groups in total. The number of nitrogens with zero attached hydrogens (tertiary/aromatic N) is 3. The van der Waals surface area contributed by atoms with Crippen molar-refractivity contribution in [3.05, 3.63) is 10.6 Å². The summed E-state index contributed by atoms with van der Waals surface area (Å²) in [5.74, 6) is 0. The molecular weight excluding hydrogens is 184 g/mol. The molecule has 13 heavy (non-hydrogen) atoms. The van der Waals surface area contributed by atoms with Crippen LogP contribution in [0.3, 0.4) is 0 Å². The largest absolute Gasteiger partial charge is 0.329 e. The number of aryl methyl sites for hydroxylation is 1. The number of rotatable bonds is 5. The fourth-order valence-electron chi connectivity index (χ4n) is 1.16. The minimum Gasteiger partial charge on any atom is -0.329 e. The normalized spacial score (nSPS) is 11.1. The first-order valence-electron chi connectivity index (χ1n) is 4.46. The molecule has 1 aromatic rings. The van der Waals surface area contributed by atoms with E-state index in [0.717, 1.165) is 25.2 Å². The molecule has 0 saturated carbocycles. The van der Waals surface area contributed by atoms with Crippen LogP contribution in [0.4, 0.5) is 0 Å². The zero-order chi connectivity index (χ0) is 9.68. The molecule has 0 aromatic carbocycles. The lowest BCUT2D eigenvalue weighted by Gasteiger charge is -2.13. The van der Waals surface area contributed by atoms with Crippen LogP contribution < -0.4 is 5.73 Å². The van der Waals surface area contributed by atoms with Crippen molar-refractivity contribution in [1.82, 2.24) is 14.5 Å². The molecule has 0 bridgehead atoms. The van der Waals surface area contributed by atoms with Crippen LogP contribution in [0.25, 0.3) is 0 Å². The Labute approximate surface area is 82.9 Å². The third-order valence-corrected chi connectivity index (χ3v) is 2.64. The monoisotopic (exact) mass is 200 g/mol. The quantitative estimate of drug-likeness (QED) is 0.751. The van der Waals surface area contributed by atoms with Crippen molar-refractivity contribution in [2.45, 2.75) is 19.9 Å². The Bertz CT molecular complexity index is 248. The van der Waals surface area contributed by atoms with Crippen LogP contribution >= 0.6 is 11.5 Å². The molecule has 0 aliphatic heterocycles. The van der Waals surface area contributed by atoms with E-state index in [0.29, 0.717) is 6.54 Å². The fraction of sp³-hybridized carbons (Fsp3) is 0.750. The van der Waals surface area contributed by atoms with Gasteiger partial charge in [0.1, 0.15) is 0 Å². The average molecular weight is 200 g/mol. The van der Waals surface area contributed by atoms with Crippen LogP contribution in [-0.4, -0.2) is 34.6 Å². The molecule has 0 aliphatic carbocycles. The molecule has 0 saturated heterocycles. The molecule has 1 heterocycles. The third-order valence-electron chi connectivity index (χ3n) is 1.89. The topological polar surface area (TPSA) is 55.0 Å². The van der Waals surface area contributed by atoms with Crippen LogP contribution in [0.15, 0.2) is 0 Å². The molecule has 4 nitrogen and oxygen atoms in total. The predicted molar refractivity (Wildman–Crippen MR) is 54.7 cm³/mol. The summed E-state index contributed by atoms with van der Waals surface area (Å²) in [7, 11) is 2.06. The first-order valence-corrected chi connectivity index (χ1v) is 5.24. The van der Waals surface area contributed by atoms with Gasteiger partial charge in [0.15, 0.2) is 0 Å². The molecular formula is C8H16N4S. The minimum absolute atomic E-state index is 0.699. The summed E-state index contributed by atoms with van der Waals surface area (Å²) in [5.41, 5.74) is 6.58. The summed E-state index contributed by atoms with van der Waals surface area (Å²) in [4.78, 5) is 3.45. The van der Waals surface area contributed by atoms with Gasteiger partial charge in [-0.1, -0.05) is 11.4 Å². The van der Waals surface area contributed by atoms with E-state index >= 15 is 0 Å². The molecule has 1 rings (SSSR count). The van der Waals surface area contributed by atoms with Crippen LogP contribution in [0.2, 0.25) is 0 Å². The van der Waals surface area contributed by atoms with E-state index in [1.807, 2.05) is 0 Å². The number of hydrogen-bond acceptors (Lipinski definition) is 5. The number of nitrogens with two attached hydrogens (primary N) is 1. The van der Waals surface area contributed by atoms with Crippen molar-refractivity contribution in [2.24, 2.45) is 5.73 Å². The van der Waals surface area contributed by atoms with Crippen molar-refractivity contribution < 1.29 is 0 Å². The first-order chi connectivity index (χ1) is 6.27. The van der Waals surface area contributed by atoms with Gasteiger partial charge in [0.05, 0.1) is 10.6 Å². The van der Waals surface area contributed by atoms with Gasteiger partial charge in [-0.15, -0.1) is 5.10 Å². The van der Waals surface area contributed by atoms with Crippen LogP contribution in [-0.2, 0) is 13.0 Å². The van der Waals surface area contributed by atoms with Gasteiger partial charge in [-0.25, -0.2) is 0 Å². The standard InChI is InChI=1S/C8H16N4S/c1-3-7-8(13-11-10-7)6-12(2)5-4-9/h3-6,9H2,1-2H3. The van der Waals surface area contributed by atoms with Crippen LogP contribution in [0, 0.1) is 0 Å². The van der Waals surface area contributed by atoms with Crippen molar-refractivity contribution in [1.29, 1.82) is 0 Å². The second kappa shape index (κ2) is 5.26. The van der Waals surface area contributed by atoms with Gasteiger partial charge in [0.2, 0.25) is 0 Å².